The van der Waals surface area contributed by atoms with Gasteiger partial charge in [0.2, 0.25) is 0 Å². The first kappa shape index (κ1) is 12.3. The fraction of sp³-hybridized carbons (Fsp3) is 1.00. The lowest BCUT2D eigenvalue weighted by Gasteiger charge is -2.33. The lowest BCUT2D eigenvalue weighted by Crippen LogP contribution is -2.44. The maximum absolute atomic E-state index is 9.88. The van der Waals surface area contributed by atoms with Gasteiger partial charge in [-0.25, -0.2) is 0 Å². The van der Waals surface area contributed by atoms with Crippen molar-refractivity contribution in [1.82, 2.24) is 4.90 Å². The molecular formula is C12H23NO3. The van der Waals surface area contributed by atoms with Crippen LogP contribution >= 0.6 is 0 Å². The molecule has 2 N–H and O–H groups in total. The zero-order valence-corrected chi connectivity index (χ0v) is 10.0. The molecule has 16 heavy (non-hydrogen) atoms. The molecule has 2 fully saturated rings. The molecule has 2 saturated heterocycles. The predicted octanol–water partition coefficient (Wildman–Crippen LogP) is 0.0865. The summed E-state index contributed by atoms with van der Waals surface area (Å²) < 4.78 is 5.41. The lowest BCUT2D eigenvalue weighted by molar-refractivity contribution is -0.0502. The Bertz CT molecular complexity index is 224. The number of rotatable bonds is 3. The van der Waals surface area contributed by atoms with E-state index in [1.165, 1.54) is 0 Å². The van der Waals surface area contributed by atoms with E-state index in [9.17, 15) is 10.2 Å². The van der Waals surface area contributed by atoms with E-state index in [1.807, 2.05) is 0 Å². The van der Waals surface area contributed by atoms with Crippen molar-refractivity contribution in [1.29, 1.82) is 0 Å². The molecule has 2 rings (SSSR count). The molecule has 0 aromatic carbocycles. The van der Waals surface area contributed by atoms with Gasteiger partial charge >= 0.3 is 0 Å². The third kappa shape index (κ3) is 2.56. The zero-order chi connectivity index (χ0) is 11.5. The number of likely N-dealkylation sites (tertiary alicyclic amines) is 1. The van der Waals surface area contributed by atoms with Gasteiger partial charge in [-0.15, -0.1) is 0 Å². The van der Waals surface area contributed by atoms with Crippen LogP contribution in [0.4, 0.5) is 0 Å². The molecule has 0 aromatic heterocycles. The first-order chi connectivity index (χ1) is 7.72. The van der Waals surface area contributed by atoms with Crippen molar-refractivity contribution in [3.63, 3.8) is 0 Å². The van der Waals surface area contributed by atoms with Crippen molar-refractivity contribution in [2.75, 3.05) is 32.9 Å². The van der Waals surface area contributed by atoms with Crippen LogP contribution in [0.3, 0.4) is 0 Å². The summed E-state index contributed by atoms with van der Waals surface area (Å²) >= 11 is 0. The summed E-state index contributed by atoms with van der Waals surface area (Å²) in [4.78, 5) is 2.31. The Morgan fingerprint density at radius 3 is 2.88 bits per heavy atom. The minimum atomic E-state index is -0.232. The van der Waals surface area contributed by atoms with Crippen molar-refractivity contribution in [3.8, 4) is 0 Å². The largest absolute Gasteiger partial charge is 0.395 e. The molecule has 2 aliphatic rings. The van der Waals surface area contributed by atoms with Gasteiger partial charge in [-0.2, -0.15) is 0 Å². The Morgan fingerprint density at radius 1 is 1.38 bits per heavy atom. The van der Waals surface area contributed by atoms with Crippen molar-refractivity contribution < 1.29 is 14.9 Å². The summed E-state index contributed by atoms with van der Waals surface area (Å²) in [5, 5.41) is 19.3. The molecule has 94 valence electrons. The van der Waals surface area contributed by atoms with Crippen LogP contribution in [0.25, 0.3) is 0 Å². The van der Waals surface area contributed by atoms with E-state index >= 15 is 0 Å². The van der Waals surface area contributed by atoms with Gasteiger partial charge in [0.05, 0.1) is 19.3 Å². The van der Waals surface area contributed by atoms with Crippen LogP contribution in [-0.4, -0.2) is 60.2 Å². The Hall–Kier alpha value is -0.160. The molecule has 0 radical (unpaired) electrons. The smallest absolute Gasteiger partial charge is 0.0624 e. The fourth-order valence-corrected chi connectivity index (χ4v) is 2.87. The molecule has 4 unspecified atom stereocenters. The highest BCUT2D eigenvalue weighted by Gasteiger charge is 2.34. The quantitative estimate of drug-likeness (QED) is 0.720. The summed E-state index contributed by atoms with van der Waals surface area (Å²) in [6.07, 6.45) is 1.66. The SMILES string of the molecule is CC1CCN(CC2COCCC2O)C1CO. The number of aliphatic hydroxyl groups is 2. The predicted molar refractivity (Wildman–Crippen MR) is 61.2 cm³/mol. The van der Waals surface area contributed by atoms with Gasteiger partial charge in [-0.3, -0.25) is 4.90 Å². The number of ether oxygens (including phenoxy) is 1. The number of nitrogens with zero attached hydrogens (tertiary/aromatic N) is 1. The molecule has 0 aromatic rings. The van der Waals surface area contributed by atoms with Gasteiger partial charge in [0.25, 0.3) is 0 Å². The van der Waals surface area contributed by atoms with Crippen molar-refractivity contribution in [3.05, 3.63) is 0 Å². The second-order valence-electron chi connectivity index (χ2n) is 5.20. The van der Waals surface area contributed by atoms with Crippen molar-refractivity contribution in [2.24, 2.45) is 11.8 Å². The third-order valence-electron chi connectivity index (χ3n) is 4.09. The van der Waals surface area contributed by atoms with E-state index in [1.54, 1.807) is 0 Å². The first-order valence-electron chi connectivity index (χ1n) is 6.33. The van der Waals surface area contributed by atoms with Crippen LogP contribution in [0.5, 0.6) is 0 Å². The number of hydrogen-bond donors (Lipinski definition) is 2. The van der Waals surface area contributed by atoms with E-state index in [-0.39, 0.29) is 24.7 Å². The van der Waals surface area contributed by atoms with E-state index < -0.39 is 0 Å². The molecule has 0 spiro atoms. The normalized spacial score (nSPS) is 41.4. The maximum atomic E-state index is 9.88. The summed E-state index contributed by atoms with van der Waals surface area (Å²) in [5.74, 6) is 0.778. The van der Waals surface area contributed by atoms with Gasteiger partial charge in [-0.1, -0.05) is 6.92 Å². The van der Waals surface area contributed by atoms with Gasteiger partial charge < -0.3 is 14.9 Å². The molecule has 4 nitrogen and oxygen atoms in total. The van der Waals surface area contributed by atoms with Crippen molar-refractivity contribution >= 4 is 0 Å². The van der Waals surface area contributed by atoms with Crippen molar-refractivity contribution in [2.45, 2.75) is 31.9 Å². The molecule has 4 atom stereocenters. The van der Waals surface area contributed by atoms with Crippen LogP contribution < -0.4 is 0 Å². The van der Waals surface area contributed by atoms with E-state index in [0.717, 1.165) is 25.9 Å². The van der Waals surface area contributed by atoms with Gasteiger partial charge in [0.15, 0.2) is 0 Å². The molecular weight excluding hydrogens is 206 g/mol. The molecule has 0 bridgehead atoms. The monoisotopic (exact) mass is 229 g/mol. The Morgan fingerprint density at radius 2 is 2.19 bits per heavy atom. The average molecular weight is 229 g/mol. The Labute approximate surface area is 97.2 Å². The minimum Gasteiger partial charge on any atom is -0.395 e. The standard InChI is InChI=1S/C12H23NO3/c1-9-2-4-13(11(9)7-14)6-10-8-16-5-3-12(10)15/h9-12,14-15H,2-8H2,1H3. The van der Waals surface area contributed by atoms with Crippen LogP contribution in [0.1, 0.15) is 19.8 Å². The minimum absolute atomic E-state index is 0.216. The zero-order valence-electron chi connectivity index (χ0n) is 10.0. The summed E-state index contributed by atoms with van der Waals surface area (Å²) in [6.45, 7) is 5.65. The molecule has 2 aliphatic heterocycles. The van der Waals surface area contributed by atoms with Gasteiger partial charge in [0.1, 0.15) is 0 Å². The Kier molecular flexibility index (Phi) is 4.19. The van der Waals surface area contributed by atoms with Gasteiger partial charge in [0, 0.05) is 25.1 Å². The van der Waals surface area contributed by atoms with E-state index in [2.05, 4.69) is 11.8 Å². The third-order valence-corrected chi connectivity index (χ3v) is 4.09. The topological polar surface area (TPSA) is 52.9 Å². The average Bonchev–Trinajstić information content (AvgIpc) is 2.63. The maximum Gasteiger partial charge on any atom is 0.0624 e. The highest BCUT2D eigenvalue weighted by atomic mass is 16.5. The molecule has 4 heteroatoms. The molecule has 0 saturated carbocycles. The molecule has 2 heterocycles. The van der Waals surface area contributed by atoms with Crippen LogP contribution in [0.2, 0.25) is 0 Å². The van der Waals surface area contributed by atoms with Crippen LogP contribution in [0, 0.1) is 11.8 Å². The number of aliphatic hydroxyl groups excluding tert-OH is 2. The second kappa shape index (κ2) is 5.45. The van der Waals surface area contributed by atoms with Crippen LogP contribution in [0.15, 0.2) is 0 Å². The summed E-state index contributed by atoms with van der Waals surface area (Å²) in [6, 6.07) is 0.272. The Balaban J connectivity index is 1.88. The fourth-order valence-electron chi connectivity index (χ4n) is 2.87. The highest BCUT2D eigenvalue weighted by Crippen LogP contribution is 2.26. The van der Waals surface area contributed by atoms with E-state index in [4.69, 9.17) is 4.74 Å². The summed E-state index contributed by atoms with van der Waals surface area (Å²) in [5.41, 5.74) is 0. The lowest BCUT2D eigenvalue weighted by atomic mass is 9.97. The van der Waals surface area contributed by atoms with Crippen LogP contribution in [-0.2, 0) is 4.74 Å². The highest BCUT2D eigenvalue weighted by molar-refractivity contribution is 4.87. The van der Waals surface area contributed by atoms with E-state index in [0.29, 0.717) is 19.1 Å². The number of hydrogen-bond acceptors (Lipinski definition) is 4. The summed E-state index contributed by atoms with van der Waals surface area (Å²) in [7, 11) is 0. The second-order valence-corrected chi connectivity index (χ2v) is 5.20. The first-order valence-corrected chi connectivity index (χ1v) is 6.33. The molecule has 0 amide bonds. The van der Waals surface area contributed by atoms with Gasteiger partial charge in [-0.05, 0) is 25.3 Å². The molecule has 0 aliphatic carbocycles.